The molecule has 0 bridgehead atoms. The van der Waals surface area contributed by atoms with E-state index >= 15 is 0 Å². The molecule has 1 fully saturated rings. The highest BCUT2D eigenvalue weighted by Gasteiger charge is 2.25. The lowest BCUT2D eigenvalue weighted by Gasteiger charge is -2.35. The van der Waals surface area contributed by atoms with Crippen molar-refractivity contribution < 1.29 is 19.1 Å². The van der Waals surface area contributed by atoms with Crippen LogP contribution in [0, 0.1) is 0 Å². The van der Waals surface area contributed by atoms with Crippen molar-refractivity contribution in [3.8, 4) is 5.75 Å². The van der Waals surface area contributed by atoms with Gasteiger partial charge in [-0.2, -0.15) is 0 Å². The normalized spacial score (nSPS) is 15.2. The Labute approximate surface area is 187 Å². The molecule has 31 heavy (non-hydrogen) atoms. The van der Waals surface area contributed by atoms with E-state index < -0.39 is 0 Å². The minimum absolute atomic E-state index is 0.0788. The number of likely N-dealkylation sites (N-methyl/N-ethyl adjacent to an activating group) is 1. The number of hydrogen-bond acceptors (Lipinski definition) is 5. The van der Waals surface area contributed by atoms with Crippen molar-refractivity contribution in [2.45, 2.75) is 6.04 Å². The molecule has 166 valence electrons. The van der Waals surface area contributed by atoms with Gasteiger partial charge in [0.15, 0.2) is 6.61 Å². The Balaban J connectivity index is 1.72. The average molecular weight is 446 g/mol. The molecule has 7 nitrogen and oxygen atoms in total. The molecule has 1 aliphatic heterocycles. The van der Waals surface area contributed by atoms with Crippen molar-refractivity contribution in [2.75, 3.05) is 53.6 Å². The standard InChI is InChI=1S/C23H28ClN3O4/c1-26(2)22(28)16-31-21-10-6-4-8-18(21)23(29)25-15-20(27-11-13-30-14-12-27)17-7-3-5-9-19(17)24/h3-10,20H,11-16H2,1-2H3,(H,25,29). The molecule has 1 atom stereocenters. The number of nitrogens with zero attached hydrogens (tertiary/aromatic N) is 2. The smallest absolute Gasteiger partial charge is 0.259 e. The molecule has 0 saturated carbocycles. The van der Waals surface area contributed by atoms with Gasteiger partial charge in [0.1, 0.15) is 5.75 Å². The second-order valence-electron chi connectivity index (χ2n) is 7.47. The number of nitrogens with one attached hydrogen (secondary N) is 1. The van der Waals surface area contributed by atoms with Crippen LogP contribution in [0.15, 0.2) is 48.5 Å². The first-order valence-corrected chi connectivity index (χ1v) is 10.6. The Morgan fingerprint density at radius 3 is 2.52 bits per heavy atom. The zero-order chi connectivity index (χ0) is 22.2. The first-order valence-electron chi connectivity index (χ1n) is 10.2. The van der Waals surface area contributed by atoms with E-state index in [9.17, 15) is 9.59 Å². The molecule has 2 aromatic carbocycles. The van der Waals surface area contributed by atoms with Crippen LogP contribution in [0.5, 0.6) is 5.75 Å². The largest absolute Gasteiger partial charge is 0.483 e. The lowest BCUT2D eigenvalue weighted by atomic mass is 10.0. The molecule has 0 radical (unpaired) electrons. The van der Waals surface area contributed by atoms with E-state index in [2.05, 4.69) is 10.2 Å². The summed E-state index contributed by atoms with van der Waals surface area (Å²) in [6.45, 7) is 3.06. The van der Waals surface area contributed by atoms with Gasteiger partial charge >= 0.3 is 0 Å². The highest BCUT2D eigenvalue weighted by atomic mass is 35.5. The number of carbonyl (C=O) groups is 2. The SMILES string of the molecule is CN(C)C(=O)COc1ccccc1C(=O)NCC(c1ccccc1Cl)N1CCOCC1. The molecule has 2 amide bonds. The summed E-state index contributed by atoms with van der Waals surface area (Å²) in [4.78, 5) is 28.5. The van der Waals surface area contributed by atoms with Gasteiger partial charge in [0, 0.05) is 38.8 Å². The fraction of sp³-hybridized carbons (Fsp3) is 0.391. The van der Waals surface area contributed by atoms with Gasteiger partial charge in [0.2, 0.25) is 0 Å². The zero-order valence-electron chi connectivity index (χ0n) is 17.8. The molecule has 1 aliphatic rings. The third-order valence-electron chi connectivity index (χ3n) is 5.19. The minimum atomic E-state index is -0.266. The number of amides is 2. The van der Waals surface area contributed by atoms with Gasteiger partial charge in [-0.05, 0) is 23.8 Å². The maximum atomic E-state index is 13.0. The first-order chi connectivity index (χ1) is 15.0. The number of morpholine rings is 1. The van der Waals surface area contributed by atoms with Crippen LogP contribution < -0.4 is 10.1 Å². The van der Waals surface area contributed by atoms with Gasteiger partial charge in [-0.3, -0.25) is 14.5 Å². The van der Waals surface area contributed by atoms with Crippen LogP contribution >= 0.6 is 11.6 Å². The minimum Gasteiger partial charge on any atom is -0.483 e. The summed E-state index contributed by atoms with van der Waals surface area (Å²) >= 11 is 6.47. The molecule has 0 spiro atoms. The molecule has 0 aromatic heterocycles. The van der Waals surface area contributed by atoms with Crippen molar-refractivity contribution in [1.82, 2.24) is 15.1 Å². The van der Waals surface area contributed by atoms with Gasteiger partial charge in [-0.15, -0.1) is 0 Å². The van der Waals surface area contributed by atoms with Crippen molar-refractivity contribution in [1.29, 1.82) is 0 Å². The van der Waals surface area contributed by atoms with Crippen LogP contribution in [0.4, 0.5) is 0 Å². The summed E-state index contributed by atoms with van der Waals surface area (Å²) in [7, 11) is 3.32. The molecule has 2 aromatic rings. The van der Waals surface area contributed by atoms with Gasteiger partial charge < -0.3 is 19.7 Å². The van der Waals surface area contributed by atoms with Crippen molar-refractivity contribution >= 4 is 23.4 Å². The highest BCUT2D eigenvalue weighted by Crippen LogP contribution is 2.28. The van der Waals surface area contributed by atoms with E-state index in [1.54, 1.807) is 38.4 Å². The molecule has 1 N–H and O–H groups in total. The summed E-state index contributed by atoms with van der Waals surface area (Å²) in [5.74, 6) is -0.0737. The molecular formula is C23H28ClN3O4. The first kappa shape index (κ1) is 23.1. The molecule has 0 aliphatic carbocycles. The van der Waals surface area contributed by atoms with E-state index in [-0.39, 0.29) is 24.5 Å². The fourth-order valence-corrected chi connectivity index (χ4v) is 3.67. The second kappa shape index (κ2) is 11.1. The number of hydrogen-bond donors (Lipinski definition) is 1. The van der Waals surface area contributed by atoms with Crippen molar-refractivity contribution in [2.24, 2.45) is 0 Å². The summed E-state index contributed by atoms with van der Waals surface area (Å²) < 4.78 is 11.1. The van der Waals surface area contributed by atoms with E-state index in [0.717, 1.165) is 18.7 Å². The van der Waals surface area contributed by atoms with Crippen LogP contribution in [0.25, 0.3) is 0 Å². The van der Waals surface area contributed by atoms with Gasteiger partial charge in [-0.25, -0.2) is 0 Å². The maximum Gasteiger partial charge on any atom is 0.259 e. The number of para-hydroxylation sites is 1. The predicted octanol–water partition coefficient (Wildman–Crippen LogP) is 2.61. The maximum absolute atomic E-state index is 13.0. The Kier molecular flexibility index (Phi) is 8.28. The van der Waals surface area contributed by atoms with Crippen LogP contribution in [0.2, 0.25) is 5.02 Å². The zero-order valence-corrected chi connectivity index (χ0v) is 18.6. The van der Waals surface area contributed by atoms with E-state index in [1.807, 2.05) is 24.3 Å². The molecule has 1 unspecified atom stereocenters. The third kappa shape index (κ3) is 6.19. The molecule has 1 saturated heterocycles. The third-order valence-corrected chi connectivity index (χ3v) is 5.53. The fourth-order valence-electron chi connectivity index (χ4n) is 3.40. The monoisotopic (exact) mass is 445 g/mol. The molecule has 3 rings (SSSR count). The summed E-state index contributed by atoms with van der Waals surface area (Å²) in [6, 6.07) is 14.5. The van der Waals surface area contributed by atoms with Crippen LogP contribution in [-0.4, -0.2) is 75.2 Å². The Bertz CT molecular complexity index is 900. The van der Waals surface area contributed by atoms with E-state index in [0.29, 0.717) is 36.1 Å². The topological polar surface area (TPSA) is 71.1 Å². The van der Waals surface area contributed by atoms with Crippen molar-refractivity contribution in [3.05, 3.63) is 64.7 Å². The summed E-state index contributed by atoms with van der Waals surface area (Å²) in [5.41, 5.74) is 1.35. The Morgan fingerprint density at radius 1 is 1.13 bits per heavy atom. The molecule has 1 heterocycles. The predicted molar refractivity (Wildman–Crippen MR) is 120 cm³/mol. The second-order valence-corrected chi connectivity index (χ2v) is 7.88. The molecular weight excluding hydrogens is 418 g/mol. The van der Waals surface area contributed by atoms with E-state index in [4.69, 9.17) is 21.1 Å². The highest BCUT2D eigenvalue weighted by molar-refractivity contribution is 6.31. The van der Waals surface area contributed by atoms with Crippen LogP contribution in [0.3, 0.4) is 0 Å². The quantitative estimate of drug-likeness (QED) is 0.676. The number of rotatable bonds is 8. The molecule has 8 heteroatoms. The lowest BCUT2D eigenvalue weighted by molar-refractivity contribution is -0.130. The van der Waals surface area contributed by atoms with E-state index in [1.165, 1.54) is 4.90 Å². The summed E-state index contributed by atoms with van der Waals surface area (Å²) in [6.07, 6.45) is 0. The number of halogens is 1. The number of ether oxygens (including phenoxy) is 2. The number of carbonyl (C=O) groups excluding carboxylic acids is 2. The van der Waals surface area contributed by atoms with Crippen LogP contribution in [0.1, 0.15) is 22.0 Å². The van der Waals surface area contributed by atoms with Gasteiger partial charge in [-0.1, -0.05) is 41.9 Å². The van der Waals surface area contributed by atoms with Gasteiger partial charge in [0.25, 0.3) is 11.8 Å². The number of benzene rings is 2. The average Bonchev–Trinajstić information content (AvgIpc) is 2.79. The van der Waals surface area contributed by atoms with Crippen molar-refractivity contribution in [3.63, 3.8) is 0 Å². The van der Waals surface area contributed by atoms with Gasteiger partial charge in [0.05, 0.1) is 24.8 Å². The Hall–Kier alpha value is -2.61. The Morgan fingerprint density at radius 2 is 1.81 bits per heavy atom. The van der Waals surface area contributed by atoms with Crippen LogP contribution in [-0.2, 0) is 9.53 Å². The lowest BCUT2D eigenvalue weighted by Crippen LogP contribution is -2.44. The summed E-state index contributed by atoms with van der Waals surface area (Å²) in [5, 5.41) is 3.68.